The molecule has 1 amide bonds. The molecule has 0 bridgehead atoms. The van der Waals surface area contributed by atoms with E-state index in [1.54, 1.807) is 16.4 Å². The van der Waals surface area contributed by atoms with Crippen molar-refractivity contribution in [1.82, 2.24) is 9.29 Å². The molecule has 1 unspecified atom stereocenters. The second-order valence-corrected chi connectivity index (χ2v) is 10.4. The number of nitrogens with zero attached hydrogens (tertiary/aromatic N) is 3. The molecular formula is C23H22N4O3S2. The first-order chi connectivity index (χ1) is 15.4. The molecule has 9 heteroatoms. The molecule has 1 atom stereocenters. The van der Waals surface area contributed by atoms with Crippen LogP contribution in [0.1, 0.15) is 42.1 Å². The van der Waals surface area contributed by atoms with Crippen molar-refractivity contribution < 1.29 is 13.2 Å². The molecule has 2 heterocycles. The lowest BCUT2D eigenvalue weighted by Gasteiger charge is -2.32. The van der Waals surface area contributed by atoms with Gasteiger partial charge in [0.15, 0.2) is 5.13 Å². The van der Waals surface area contributed by atoms with Crippen molar-refractivity contribution in [3.8, 4) is 17.3 Å². The van der Waals surface area contributed by atoms with Crippen LogP contribution in [0, 0.1) is 11.3 Å². The van der Waals surface area contributed by atoms with Crippen LogP contribution in [0.2, 0.25) is 0 Å². The number of rotatable bonds is 5. The van der Waals surface area contributed by atoms with Crippen LogP contribution in [-0.4, -0.2) is 36.2 Å². The molecule has 32 heavy (non-hydrogen) atoms. The zero-order valence-electron chi connectivity index (χ0n) is 17.5. The molecule has 3 aromatic rings. The summed E-state index contributed by atoms with van der Waals surface area (Å²) in [6.45, 7) is 2.45. The lowest BCUT2D eigenvalue weighted by Crippen LogP contribution is -2.41. The number of carbonyl (C=O) groups excluding carboxylic acids is 1. The van der Waals surface area contributed by atoms with Gasteiger partial charge in [0.25, 0.3) is 5.91 Å². The zero-order valence-corrected chi connectivity index (χ0v) is 19.1. The fourth-order valence-corrected chi connectivity index (χ4v) is 6.11. The highest BCUT2D eigenvalue weighted by molar-refractivity contribution is 7.89. The molecule has 1 saturated heterocycles. The van der Waals surface area contributed by atoms with Gasteiger partial charge in [0, 0.05) is 29.1 Å². The van der Waals surface area contributed by atoms with Gasteiger partial charge in [-0.1, -0.05) is 18.6 Å². The molecule has 1 aromatic heterocycles. The molecule has 1 N–H and O–H groups in total. The predicted octanol–water partition coefficient (Wildman–Crippen LogP) is 4.50. The van der Waals surface area contributed by atoms with Crippen molar-refractivity contribution in [3.05, 3.63) is 65.0 Å². The van der Waals surface area contributed by atoms with Crippen LogP contribution in [-0.2, 0) is 10.0 Å². The van der Waals surface area contributed by atoms with Gasteiger partial charge in [-0.15, -0.1) is 11.3 Å². The molecule has 0 saturated carbocycles. The normalized spacial score (nSPS) is 16.9. The van der Waals surface area contributed by atoms with Crippen LogP contribution >= 0.6 is 11.3 Å². The van der Waals surface area contributed by atoms with E-state index >= 15 is 0 Å². The largest absolute Gasteiger partial charge is 0.298 e. The summed E-state index contributed by atoms with van der Waals surface area (Å²) < 4.78 is 27.4. The first kappa shape index (κ1) is 22.1. The Hall–Kier alpha value is -3.06. The number of nitrogens with one attached hydrogen (secondary N) is 1. The van der Waals surface area contributed by atoms with Gasteiger partial charge in [-0.3, -0.25) is 10.1 Å². The third-order valence-corrected chi connectivity index (χ3v) is 8.29. The maximum atomic E-state index is 12.9. The molecule has 0 spiro atoms. The van der Waals surface area contributed by atoms with Gasteiger partial charge in [0.1, 0.15) is 0 Å². The van der Waals surface area contributed by atoms with Gasteiger partial charge >= 0.3 is 0 Å². The van der Waals surface area contributed by atoms with Gasteiger partial charge in [-0.2, -0.15) is 9.57 Å². The fourth-order valence-electron chi connectivity index (χ4n) is 3.69. The van der Waals surface area contributed by atoms with Crippen LogP contribution in [0.5, 0.6) is 0 Å². The summed E-state index contributed by atoms with van der Waals surface area (Å²) in [5.74, 6) is -0.360. The molecule has 1 aliphatic rings. The lowest BCUT2D eigenvalue weighted by atomic mass is 10.1. The third kappa shape index (κ3) is 4.58. The van der Waals surface area contributed by atoms with Crippen LogP contribution in [0.15, 0.2) is 58.8 Å². The minimum Gasteiger partial charge on any atom is -0.298 e. The molecule has 0 radical (unpaired) electrons. The summed E-state index contributed by atoms with van der Waals surface area (Å²) in [4.78, 5) is 17.2. The van der Waals surface area contributed by atoms with E-state index in [0.717, 1.165) is 24.8 Å². The molecular weight excluding hydrogens is 444 g/mol. The van der Waals surface area contributed by atoms with E-state index in [1.165, 1.54) is 35.6 Å². The molecule has 7 nitrogen and oxygen atoms in total. The molecule has 0 aliphatic carbocycles. The highest BCUT2D eigenvalue weighted by atomic mass is 32.2. The molecule has 2 aromatic carbocycles. The Morgan fingerprint density at radius 1 is 1.16 bits per heavy atom. The van der Waals surface area contributed by atoms with Gasteiger partial charge in [0.05, 0.1) is 22.2 Å². The van der Waals surface area contributed by atoms with Gasteiger partial charge in [-0.25, -0.2) is 13.4 Å². The second kappa shape index (κ2) is 9.20. The summed E-state index contributed by atoms with van der Waals surface area (Å²) in [5.41, 5.74) is 2.47. The maximum Gasteiger partial charge on any atom is 0.257 e. The minimum atomic E-state index is -3.57. The summed E-state index contributed by atoms with van der Waals surface area (Å²) in [5, 5.41) is 13.9. The van der Waals surface area contributed by atoms with E-state index in [4.69, 9.17) is 5.26 Å². The topological polar surface area (TPSA) is 103 Å². The van der Waals surface area contributed by atoms with Gasteiger partial charge in [-0.05, 0) is 56.2 Å². The highest BCUT2D eigenvalue weighted by Crippen LogP contribution is 2.27. The van der Waals surface area contributed by atoms with E-state index in [2.05, 4.69) is 16.4 Å². The summed E-state index contributed by atoms with van der Waals surface area (Å²) in [7, 11) is -3.57. The number of carbonyl (C=O) groups is 1. The predicted molar refractivity (Wildman–Crippen MR) is 124 cm³/mol. The summed E-state index contributed by atoms with van der Waals surface area (Å²) >= 11 is 1.29. The van der Waals surface area contributed by atoms with E-state index in [-0.39, 0.29) is 16.8 Å². The SMILES string of the molecule is CC1CCCCN1S(=O)(=O)c1ccc(C(=O)Nc2nc(-c3ccc(C#N)cc3)cs2)cc1. The van der Waals surface area contributed by atoms with Crippen molar-refractivity contribution in [2.45, 2.75) is 37.1 Å². The van der Waals surface area contributed by atoms with Crippen LogP contribution < -0.4 is 5.32 Å². The van der Waals surface area contributed by atoms with Crippen molar-refractivity contribution in [3.63, 3.8) is 0 Å². The fraction of sp³-hybridized carbons (Fsp3) is 0.261. The van der Waals surface area contributed by atoms with Crippen LogP contribution in [0.4, 0.5) is 5.13 Å². The Bertz CT molecular complexity index is 1260. The lowest BCUT2D eigenvalue weighted by molar-refractivity contribution is 0.102. The average Bonchev–Trinajstić information content (AvgIpc) is 3.28. The van der Waals surface area contributed by atoms with Crippen molar-refractivity contribution in [2.24, 2.45) is 0 Å². The Labute approximate surface area is 191 Å². The number of amides is 1. The number of thiazole rings is 1. The van der Waals surface area contributed by atoms with Crippen LogP contribution in [0.25, 0.3) is 11.3 Å². The highest BCUT2D eigenvalue weighted by Gasteiger charge is 2.30. The molecule has 1 aliphatic heterocycles. The minimum absolute atomic E-state index is 0.0214. The Balaban J connectivity index is 1.45. The van der Waals surface area contributed by atoms with Crippen LogP contribution in [0.3, 0.4) is 0 Å². The van der Waals surface area contributed by atoms with Gasteiger partial charge in [0.2, 0.25) is 10.0 Å². The third-order valence-electron chi connectivity index (χ3n) is 5.50. The Morgan fingerprint density at radius 3 is 2.53 bits per heavy atom. The molecule has 1 fully saturated rings. The maximum absolute atomic E-state index is 12.9. The quantitative estimate of drug-likeness (QED) is 0.596. The standard InChI is InChI=1S/C23H22N4O3S2/c1-16-4-2-3-13-27(16)32(29,30)20-11-9-19(10-12-20)22(28)26-23-25-21(15-31-23)18-7-5-17(14-24)6-8-18/h5-12,15-16H,2-4,13H2,1H3,(H,25,26,28). The molecule has 4 rings (SSSR count). The number of anilines is 1. The number of benzene rings is 2. The first-order valence-electron chi connectivity index (χ1n) is 10.3. The van der Waals surface area contributed by atoms with E-state index in [0.29, 0.717) is 28.5 Å². The molecule has 164 valence electrons. The number of nitriles is 1. The van der Waals surface area contributed by atoms with Crippen molar-refractivity contribution >= 4 is 32.4 Å². The average molecular weight is 467 g/mol. The van der Waals surface area contributed by atoms with Gasteiger partial charge < -0.3 is 0 Å². The Morgan fingerprint density at radius 2 is 1.88 bits per heavy atom. The zero-order chi connectivity index (χ0) is 22.7. The van der Waals surface area contributed by atoms with E-state index < -0.39 is 10.0 Å². The number of sulfonamides is 1. The number of aromatic nitrogens is 1. The smallest absolute Gasteiger partial charge is 0.257 e. The monoisotopic (exact) mass is 466 g/mol. The van der Waals surface area contributed by atoms with E-state index in [9.17, 15) is 13.2 Å². The van der Waals surface area contributed by atoms with Crippen molar-refractivity contribution in [1.29, 1.82) is 5.26 Å². The van der Waals surface area contributed by atoms with Crippen molar-refractivity contribution in [2.75, 3.05) is 11.9 Å². The van der Waals surface area contributed by atoms with E-state index in [1.807, 2.05) is 24.4 Å². The Kier molecular flexibility index (Phi) is 6.37. The number of hydrogen-bond acceptors (Lipinski definition) is 6. The number of piperidine rings is 1. The number of hydrogen-bond donors (Lipinski definition) is 1. The first-order valence-corrected chi connectivity index (χ1v) is 12.6. The second-order valence-electron chi connectivity index (χ2n) is 7.67. The summed E-state index contributed by atoms with van der Waals surface area (Å²) in [6, 6.07) is 15.1. The summed E-state index contributed by atoms with van der Waals surface area (Å²) in [6.07, 6.45) is 2.76.